The molecule has 204 valence electrons. The Morgan fingerprint density at radius 3 is 2.54 bits per heavy atom. The van der Waals surface area contributed by atoms with Crippen molar-refractivity contribution in [3.8, 4) is 0 Å². The van der Waals surface area contributed by atoms with Crippen molar-refractivity contribution in [3.63, 3.8) is 0 Å². The van der Waals surface area contributed by atoms with Gasteiger partial charge in [-0.2, -0.15) is 0 Å². The van der Waals surface area contributed by atoms with Crippen molar-refractivity contribution in [1.29, 1.82) is 0 Å². The van der Waals surface area contributed by atoms with Gasteiger partial charge in [0.1, 0.15) is 6.04 Å². The maximum atomic E-state index is 15.8. The number of carbonyl (C=O) groups is 3. The monoisotopic (exact) mass is 527 g/mol. The summed E-state index contributed by atoms with van der Waals surface area (Å²) in [5.41, 5.74) is 3.95. The van der Waals surface area contributed by atoms with E-state index < -0.39 is 73.0 Å². The van der Waals surface area contributed by atoms with E-state index in [1.165, 1.54) is 0 Å². The van der Waals surface area contributed by atoms with Crippen LogP contribution in [0.2, 0.25) is 0 Å². The van der Waals surface area contributed by atoms with Crippen LogP contribution >= 0.6 is 0 Å². The summed E-state index contributed by atoms with van der Waals surface area (Å²) in [6.07, 6.45) is -0.716. The molecule has 3 heterocycles. The molecule has 5 atom stereocenters. The lowest BCUT2D eigenvalue weighted by atomic mass is 9.89. The smallest absolute Gasteiger partial charge is 0.458 e. The molecule has 0 unspecified atom stereocenters. The van der Waals surface area contributed by atoms with E-state index in [1.54, 1.807) is 13.8 Å². The summed E-state index contributed by atoms with van der Waals surface area (Å²) in [6, 6.07) is -0.0346. The highest BCUT2D eigenvalue weighted by Crippen LogP contribution is 2.44. The average molecular weight is 528 g/mol. The molecule has 2 N–H and O–H groups in total. The van der Waals surface area contributed by atoms with Crippen LogP contribution in [0.25, 0.3) is 0 Å². The van der Waals surface area contributed by atoms with Gasteiger partial charge in [0.25, 0.3) is 11.4 Å². The van der Waals surface area contributed by atoms with Crippen LogP contribution in [0.4, 0.5) is 9.18 Å². The molecule has 0 aromatic carbocycles. The Morgan fingerprint density at radius 1 is 1.16 bits per heavy atom. The number of hydrogen-bond donors (Lipinski definition) is 1. The van der Waals surface area contributed by atoms with E-state index in [9.17, 15) is 24.0 Å². The Kier molecular flexibility index (Phi) is 7.69. The minimum atomic E-state index is -2.87. The minimum Gasteiger partial charge on any atom is -0.458 e. The third-order valence-corrected chi connectivity index (χ3v) is 6.82. The molecule has 0 radical (unpaired) electrons. The molecule has 1 aromatic rings. The van der Waals surface area contributed by atoms with Gasteiger partial charge in [-0.3, -0.25) is 19.0 Å². The SMILES string of the molecule is CC(C)[C@H](N)C(=O)OC[C@@]1(F)O[C@@H](n2ccc(=O)n(COC(=O)C3CCCCC3)c2=O)[C@@H]2OC(=O)O[C@@H]21. The Hall–Kier alpha value is -3.26. The molecule has 14 heteroatoms. The molecule has 1 aromatic heterocycles. The predicted octanol–water partition coefficient (Wildman–Crippen LogP) is 0.716. The maximum Gasteiger partial charge on any atom is 0.509 e. The summed E-state index contributed by atoms with van der Waals surface area (Å²) in [5.74, 6) is -4.87. The Labute approximate surface area is 210 Å². The number of nitrogens with two attached hydrogens (primary N) is 1. The molecule has 3 fully saturated rings. The van der Waals surface area contributed by atoms with Gasteiger partial charge in [-0.1, -0.05) is 33.1 Å². The van der Waals surface area contributed by atoms with E-state index in [4.69, 9.17) is 29.4 Å². The van der Waals surface area contributed by atoms with Gasteiger partial charge in [0.05, 0.1) is 5.92 Å². The van der Waals surface area contributed by atoms with Crippen molar-refractivity contribution in [2.75, 3.05) is 6.61 Å². The molecule has 0 spiro atoms. The zero-order chi connectivity index (χ0) is 26.9. The van der Waals surface area contributed by atoms with Crippen LogP contribution in [0.15, 0.2) is 21.9 Å². The lowest BCUT2D eigenvalue weighted by molar-refractivity contribution is -0.220. The first-order chi connectivity index (χ1) is 17.5. The van der Waals surface area contributed by atoms with Gasteiger partial charge in [-0.05, 0) is 18.8 Å². The quantitative estimate of drug-likeness (QED) is 0.373. The summed E-state index contributed by atoms with van der Waals surface area (Å²) in [5, 5.41) is 0. The van der Waals surface area contributed by atoms with Crippen molar-refractivity contribution in [3.05, 3.63) is 33.1 Å². The number of hydrogen-bond acceptors (Lipinski definition) is 11. The van der Waals surface area contributed by atoms with Gasteiger partial charge in [-0.25, -0.2) is 18.5 Å². The summed E-state index contributed by atoms with van der Waals surface area (Å²) < 4.78 is 42.8. The van der Waals surface area contributed by atoms with Crippen LogP contribution in [0.3, 0.4) is 0 Å². The van der Waals surface area contributed by atoms with Gasteiger partial charge in [0.2, 0.25) is 6.10 Å². The van der Waals surface area contributed by atoms with Gasteiger partial charge < -0.3 is 29.4 Å². The molecule has 1 saturated carbocycles. The third kappa shape index (κ3) is 5.39. The highest BCUT2D eigenvalue weighted by molar-refractivity contribution is 5.75. The molecule has 0 bridgehead atoms. The fourth-order valence-corrected chi connectivity index (χ4v) is 4.54. The average Bonchev–Trinajstić information content (AvgIpc) is 3.39. The van der Waals surface area contributed by atoms with E-state index >= 15 is 4.39 Å². The Balaban J connectivity index is 1.53. The zero-order valence-corrected chi connectivity index (χ0v) is 20.5. The van der Waals surface area contributed by atoms with Gasteiger partial charge in [0.15, 0.2) is 25.7 Å². The highest BCUT2D eigenvalue weighted by Gasteiger charge is 2.65. The molecular formula is C23H30FN3O10. The number of nitrogens with zero attached hydrogens (tertiary/aromatic N) is 2. The van der Waals surface area contributed by atoms with Crippen molar-refractivity contribution in [2.24, 2.45) is 17.6 Å². The van der Waals surface area contributed by atoms with Crippen LogP contribution in [0.1, 0.15) is 52.2 Å². The van der Waals surface area contributed by atoms with Crippen LogP contribution in [-0.2, 0) is 40.0 Å². The lowest BCUT2D eigenvalue weighted by Gasteiger charge is -2.25. The lowest BCUT2D eigenvalue weighted by Crippen LogP contribution is -2.45. The van der Waals surface area contributed by atoms with Crippen molar-refractivity contribution < 1.29 is 42.5 Å². The van der Waals surface area contributed by atoms with E-state index in [2.05, 4.69) is 0 Å². The zero-order valence-electron chi connectivity index (χ0n) is 20.5. The fourth-order valence-electron chi connectivity index (χ4n) is 4.54. The second kappa shape index (κ2) is 10.6. The van der Waals surface area contributed by atoms with Crippen LogP contribution in [-0.4, -0.2) is 57.9 Å². The standard InChI is InChI=1S/C23H30FN3O10/c1-12(2)15(25)20(30)33-10-23(24)17-16(35-22(32)36-17)18(37-23)26-9-8-14(28)27(21(26)31)11-34-19(29)13-6-4-3-5-7-13/h8-9,12-13,15-18H,3-7,10-11,25H2,1-2H3/t15-,16+,17-,18+,23+/m0/s1. The summed E-state index contributed by atoms with van der Waals surface area (Å²) in [6.45, 7) is 1.70. The van der Waals surface area contributed by atoms with Crippen molar-refractivity contribution >= 4 is 18.1 Å². The van der Waals surface area contributed by atoms with Crippen molar-refractivity contribution in [1.82, 2.24) is 9.13 Å². The number of alkyl halides is 1. The number of carbonyl (C=O) groups excluding carboxylic acids is 3. The molecule has 2 saturated heterocycles. The molecule has 0 amide bonds. The first-order valence-electron chi connectivity index (χ1n) is 12.2. The van der Waals surface area contributed by atoms with Gasteiger partial charge in [-0.15, -0.1) is 0 Å². The Bertz CT molecular complexity index is 1160. The van der Waals surface area contributed by atoms with Gasteiger partial charge >= 0.3 is 23.8 Å². The molecule has 2 aliphatic heterocycles. The third-order valence-electron chi connectivity index (χ3n) is 6.82. The molecule has 37 heavy (non-hydrogen) atoms. The molecule has 13 nitrogen and oxygen atoms in total. The summed E-state index contributed by atoms with van der Waals surface area (Å²) in [7, 11) is 0. The second-order valence-electron chi connectivity index (χ2n) is 9.74. The molecule has 3 aliphatic rings. The minimum absolute atomic E-state index is 0.285. The largest absolute Gasteiger partial charge is 0.509 e. The number of ether oxygens (including phenoxy) is 5. The molecular weight excluding hydrogens is 497 g/mol. The Morgan fingerprint density at radius 2 is 1.86 bits per heavy atom. The van der Waals surface area contributed by atoms with Crippen LogP contribution in [0, 0.1) is 11.8 Å². The summed E-state index contributed by atoms with van der Waals surface area (Å²) in [4.78, 5) is 61.8. The number of halogens is 1. The first kappa shape index (κ1) is 26.8. The maximum absolute atomic E-state index is 15.8. The molecule has 1 aliphatic carbocycles. The topological polar surface area (TPSA) is 167 Å². The predicted molar refractivity (Wildman–Crippen MR) is 121 cm³/mol. The first-order valence-corrected chi connectivity index (χ1v) is 12.2. The van der Waals surface area contributed by atoms with Crippen LogP contribution in [0.5, 0.6) is 0 Å². The van der Waals surface area contributed by atoms with Gasteiger partial charge in [0, 0.05) is 12.3 Å². The van der Waals surface area contributed by atoms with Crippen LogP contribution < -0.4 is 17.0 Å². The fraction of sp³-hybridized carbons (Fsp3) is 0.696. The van der Waals surface area contributed by atoms with E-state index in [0.29, 0.717) is 17.4 Å². The van der Waals surface area contributed by atoms with E-state index in [1.807, 2.05) is 0 Å². The van der Waals surface area contributed by atoms with Crippen molar-refractivity contribution in [2.45, 2.75) is 83.0 Å². The highest BCUT2D eigenvalue weighted by atomic mass is 19.2. The molecule has 4 rings (SSSR count). The second-order valence-corrected chi connectivity index (χ2v) is 9.74. The number of aromatic nitrogens is 2. The number of esters is 2. The number of fused-ring (bicyclic) bond motifs is 1. The number of rotatable bonds is 8. The normalized spacial score (nSPS) is 28.4. The van der Waals surface area contributed by atoms with E-state index in [0.717, 1.165) is 36.1 Å². The summed E-state index contributed by atoms with van der Waals surface area (Å²) >= 11 is 0. The van der Waals surface area contributed by atoms with E-state index in [-0.39, 0.29) is 11.8 Å².